The third kappa shape index (κ3) is 3.92. The maximum Gasteiger partial charge on any atom is 0.573 e. The highest BCUT2D eigenvalue weighted by Gasteiger charge is 2.47. The van der Waals surface area contributed by atoms with E-state index in [1.54, 1.807) is 12.3 Å². The number of nitrogens with two attached hydrogens (primary N) is 1. The fourth-order valence-corrected chi connectivity index (χ4v) is 4.83. The van der Waals surface area contributed by atoms with Crippen LogP contribution in [0.2, 0.25) is 0 Å². The molecule has 1 saturated carbocycles. The van der Waals surface area contributed by atoms with Gasteiger partial charge in [0, 0.05) is 25.1 Å². The predicted octanol–water partition coefficient (Wildman–Crippen LogP) is 3.31. The number of primary amides is 1. The van der Waals surface area contributed by atoms with Gasteiger partial charge >= 0.3 is 6.36 Å². The van der Waals surface area contributed by atoms with Gasteiger partial charge in [0.2, 0.25) is 5.91 Å². The highest BCUT2D eigenvalue weighted by molar-refractivity contribution is 5.82. The van der Waals surface area contributed by atoms with Crippen LogP contribution in [0.1, 0.15) is 23.5 Å². The monoisotopic (exact) mass is 443 g/mol. The van der Waals surface area contributed by atoms with E-state index in [0.717, 1.165) is 12.1 Å². The second kappa shape index (κ2) is 7.61. The van der Waals surface area contributed by atoms with Crippen LogP contribution in [0.5, 0.6) is 5.75 Å². The molecule has 1 aromatic heterocycles. The van der Waals surface area contributed by atoms with Gasteiger partial charge in [-0.3, -0.25) is 9.79 Å². The number of amides is 1. The molecule has 2 heterocycles. The van der Waals surface area contributed by atoms with Crippen LogP contribution < -0.4 is 15.8 Å². The fourth-order valence-electron chi connectivity index (χ4n) is 4.83. The summed E-state index contributed by atoms with van der Waals surface area (Å²) in [5.74, 6) is 0.262. The number of hydrogen-bond acceptors (Lipinski definition) is 6. The number of nitrogens with one attached hydrogen (secondary N) is 1. The number of aromatic nitrogens is 2. The summed E-state index contributed by atoms with van der Waals surface area (Å²) in [6.45, 7) is 0. The number of nitrogens with zero attached hydrogens (tertiary/aromatic N) is 3. The van der Waals surface area contributed by atoms with Gasteiger partial charge in [0.05, 0.1) is 11.6 Å². The van der Waals surface area contributed by atoms with Gasteiger partial charge < -0.3 is 15.8 Å². The Hall–Kier alpha value is -3.43. The van der Waals surface area contributed by atoms with E-state index in [0.29, 0.717) is 29.3 Å². The van der Waals surface area contributed by atoms with Crippen LogP contribution in [0.25, 0.3) is 0 Å². The van der Waals surface area contributed by atoms with Crippen molar-refractivity contribution in [1.82, 2.24) is 9.97 Å². The first-order valence-electron chi connectivity index (χ1n) is 10.3. The van der Waals surface area contributed by atoms with Crippen molar-refractivity contribution >= 4 is 23.6 Å². The summed E-state index contributed by atoms with van der Waals surface area (Å²) >= 11 is 0. The molecule has 4 unspecified atom stereocenters. The van der Waals surface area contributed by atoms with E-state index in [9.17, 15) is 18.0 Å². The quantitative estimate of drug-likeness (QED) is 0.667. The molecule has 1 fully saturated rings. The third-order valence-electron chi connectivity index (χ3n) is 6.09. The van der Waals surface area contributed by atoms with Crippen molar-refractivity contribution in [2.45, 2.75) is 31.7 Å². The summed E-state index contributed by atoms with van der Waals surface area (Å²) < 4.78 is 41.6. The molecule has 0 spiro atoms. The van der Waals surface area contributed by atoms with Crippen molar-refractivity contribution in [2.24, 2.45) is 28.5 Å². The Morgan fingerprint density at radius 2 is 2.03 bits per heavy atom. The molecular formula is C22H20F3N5O2. The van der Waals surface area contributed by atoms with Gasteiger partial charge in [-0.05, 0) is 36.0 Å². The number of halogens is 3. The second-order valence-electron chi connectivity index (χ2n) is 8.22. The molecule has 2 aliphatic carbocycles. The topological polar surface area (TPSA) is 102 Å². The summed E-state index contributed by atoms with van der Waals surface area (Å²) in [5, 5.41) is 3.38. The molecule has 3 N–H and O–H groups in total. The van der Waals surface area contributed by atoms with Crippen molar-refractivity contribution in [3.05, 3.63) is 53.5 Å². The Labute approximate surface area is 181 Å². The van der Waals surface area contributed by atoms with E-state index in [1.807, 2.05) is 6.08 Å². The Morgan fingerprint density at radius 1 is 1.22 bits per heavy atom. The van der Waals surface area contributed by atoms with Crippen LogP contribution in [-0.4, -0.2) is 34.5 Å². The van der Waals surface area contributed by atoms with Crippen LogP contribution in [0.15, 0.2) is 41.4 Å². The average molecular weight is 443 g/mol. The zero-order valence-corrected chi connectivity index (χ0v) is 16.8. The Balaban J connectivity index is 1.42. The second-order valence-corrected chi connectivity index (χ2v) is 8.22. The van der Waals surface area contributed by atoms with Crippen LogP contribution in [-0.2, 0) is 17.6 Å². The highest BCUT2D eigenvalue weighted by atomic mass is 19.4. The number of fused-ring (bicyclic) bond motifs is 3. The number of rotatable bonds is 6. The SMILES string of the molecule is NC(=O)C1C2C=CC(C2)C1Nc1nc(Cc2cccc(OC(F)(F)F)c2)nc2c1N=CC2. The van der Waals surface area contributed by atoms with E-state index >= 15 is 0 Å². The first-order chi connectivity index (χ1) is 15.3. The number of ether oxygens (including phenoxy) is 1. The van der Waals surface area contributed by atoms with Crippen molar-refractivity contribution in [2.75, 3.05) is 5.32 Å². The van der Waals surface area contributed by atoms with Gasteiger partial charge in [0.1, 0.15) is 17.3 Å². The van der Waals surface area contributed by atoms with Gasteiger partial charge in [-0.15, -0.1) is 13.2 Å². The first-order valence-corrected chi connectivity index (χ1v) is 10.3. The van der Waals surface area contributed by atoms with Crippen LogP contribution in [0.3, 0.4) is 0 Å². The summed E-state index contributed by atoms with van der Waals surface area (Å²) in [5.41, 5.74) is 7.60. The van der Waals surface area contributed by atoms with Gasteiger partial charge in [-0.25, -0.2) is 9.97 Å². The molecule has 1 aromatic carbocycles. The van der Waals surface area contributed by atoms with Crippen molar-refractivity contribution in [3.63, 3.8) is 0 Å². The Kier molecular flexibility index (Phi) is 4.87. The zero-order chi connectivity index (χ0) is 22.5. The molecule has 7 nitrogen and oxygen atoms in total. The molecular weight excluding hydrogens is 423 g/mol. The summed E-state index contributed by atoms with van der Waals surface area (Å²) in [7, 11) is 0. The number of carbonyl (C=O) groups is 1. The van der Waals surface area contributed by atoms with Crippen molar-refractivity contribution in [1.29, 1.82) is 0 Å². The third-order valence-corrected chi connectivity index (χ3v) is 6.09. The van der Waals surface area contributed by atoms with E-state index < -0.39 is 6.36 Å². The molecule has 32 heavy (non-hydrogen) atoms. The van der Waals surface area contributed by atoms with E-state index in [2.05, 4.69) is 31.1 Å². The molecule has 5 rings (SSSR count). The lowest BCUT2D eigenvalue weighted by molar-refractivity contribution is -0.274. The van der Waals surface area contributed by atoms with Crippen LogP contribution >= 0.6 is 0 Å². The normalized spacial score (nSPS) is 25.2. The van der Waals surface area contributed by atoms with E-state index in [-0.39, 0.29) is 41.9 Å². The molecule has 166 valence electrons. The van der Waals surface area contributed by atoms with Gasteiger partial charge in [-0.1, -0.05) is 24.3 Å². The first kappa shape index (κ1) is 20.5. The summed E-state index contributed by atoms with van der Waals surface area (Å²) in [4.78, 5) is 25.6. The van der Waals surface area contributed by atoms with Crippen molar-refractivity contribution < 1.29 is 22.7 Å². The van der Waals surface area contributed by atoms with Gasteiger partial charge in [0.15, 0.2) is 5.82 Å². The number of alkyl halides is 3. The smallest absolute Gasteiger partial charge is 0.406 e. The summed E-state index contributed by atoms with van der Waals surface area (Å²) in [6.07, 6.45) is 2.73. The highest BCUT2D eigenvalue weighted by Crippen LogP contribution is 2.45. The minimum Gasteiger partial charge on any atom is -0.406 e. The summed E-state index contributed by atoms with van der Waals surface area (Å²) in [6, 6.07) is 5.55. The lowest BCUT2D eigenvalue weighted by atomic mass is 9.88. The van der Waals surface area contributed by atoms with Gasteiger partial charge in [0.25, 0.3) is 0 Å². The molecule has 4 atom stereocenters. The lowest BCUT2D eigenvalue weighted by Gasteiger charge is -2.27. The van der Waals surface area contributed by atoms with Crippen LogP contribution in [0.4, 0.5) is 24.7 Å². The molecule has 10 heteroatoms. The maximum absolute atomic E-state index is 12.5. The zero-order valence-electron chi connectivity index (χ0n) is 16.8. The number of carbonyl (C=O) groups excluding carboxylic acids is 1. The minimum atomic E-state index is -4.76. The van der Waals surface area contributed by atoms with E-state index in [1.165, 1.54) is 18.2 Å². The average Bonchev–Trinajstić information content (AvgIpc) is 3.42. The minimum absolute atomic E-state index is 0.115. The van der Waals surface area contributed by atoms with Crippen molar-refractivity contribution in [3.8, 4) is 5.75 Å². The van der Waals surface area contributed by atoms with Crippen LogP contribution in [0, 0.1) is 17.8 Å². The lowest BCUT2D eigenvalue weighted by Crippen LogP contribution is -2.41. The standard InChI is InChI=1S/C22H20F3N5O2/c23-22(24,25)32-14-3-1-2-11(8-14)9-16-28-15-6-7-27-19(15)21(29-16)30-18-13-5-4-12(10-13)17(18)20(26)31/h1-5,7-8,12-13,17-18H,6,9-10H2,(H2,26,31)(H,28,29,30). The number of anilines is 1. The Morgan fingerprint density at radius 3 is 2.81 bits per heavy atom. The van der Waals surface area contributed by atoms with E-state index in [4.69, 9.17) is 5.73 Å². The molecule has 0 radical (unpaired) electrons. The Bertz CT molecular complexity index is 1130. The molecule has 1 aliphatic heterocycles. The molecule has 1 amide bonds. The molecule has 0 saturated heterocycles. The predicted molar refractivity (Wildman–Crippen MR) is 111 cm³/mol. The number of hydrogen-bond donors (Lipinski definition) is 2. The largest absolute Gasteiger partial charge is 0.573 e. The number of benzene rings is 1. The number of allylic oxidation sites excluding steroid dienone is 1. The number of aliphatic imine (C=N–C) groups is 1. The fraction of sp³-hybridized carbons (Fsp3) is 0.364. The molecule has 2 aromatic rings. The maximum atomic E-state index is 12.5. The van der Waals surface area contributed by atoms with Gasteiger partial charge in [-0.2, -0.15) is 0 Å². The molecule has 3 aliphatic rings. The molecule has 2 bridgehead atoms.